The number of fused-ring (bicyclic) bond motifs is 2. The fourth-order valence-electron chi connectivity index (χ4n) is 4.57. The van der Waals surface area contributed by atoms with Gasteiger partial charge in [-0.25, -0.2) is 15.0 Å². The standard InChI is InChI=1S/C15H9NO2S.C8H7BO3.C7H4BrNOS.C4H5BO3.C3HBr2NS/c1-2-4-13-10(3-1)7-14(18-13)12-9-19-15(16-12)11-5-6-17-8-11;10-9(11)8-5-6-3-1-2-4-7(6)12-8;8-6-4-11-7(9-6)5-1-2-10-3-5;6-5(7)4-1-2-8-3-4;4-2-1-7-3(5)6-2/h1-9H;1-5,10-11H;1-4H;1-3,6-7H;1H. The van der Waals surface area contributed by atoms with Crippen LogP contribution in [0.4, 0.5) is 0 Å². The number of thiazole rings is 3. The van der Waals surface area contributed by atoms with Crippen LogP contribution in [-0.4, -0.2) is 49.3 Å². The Hall–Kier alpha value is -4.34. The molecule has 8 aromatic heterocycles. The lowest BCUT2D eigenvalue weighted by Crippen LogP contribution is -2.27. The van der Waals surface area contributed by atoms with E-state index in [1.54, 1.807) is 71.2 Å². The third kappa shape index (κ3) is 12.3. The number of halogens is 3. The molecule has 0 radical (unpaired) electrons. The van der Waals surface area contributed by atoms with Crippen molar-refractivity contribution >= 4 is 129 Å². The molecule has 20 heteroatoms. The van der Waals surface area contributed by atoms with Crippen LogP contribution in [0.15, 0.2) is 168 Å². The van der Waals surface area contributed by atoms with Gasteiger partial charge in [-0.1, -0.05) is 36.4 Å². The molecule has 2 aromatic carbocycles. The minimum atomic E-state index is -1.53. The highest BCUT2D eigenvalue weighted by Gasteiger charge is 2.16. The largest absolute Gasteiger partial charge is 0.526 e. The van der Waals surface area contributed by atoms with E-state index in [0.29, 0.717) is 11.0 Å². The normalized spacial score (nSPS) is 10.4. The van der Waals surface area contributed by atoms with E-state index in [0.717, 1.165) is 62.1 Å². The average Bonchev–Trinajstić information content (AvgIpc) is 4.06. The van der Waals surface area contributed by atoms with Crippen LogP contribution in [0.3, 0.4) is 0 Å². The van der Waals surface area contributed by atoms with Crippen molar-refractivity contribution in [3.8, 4) is 32.6 Å². The molecule has 0 atom stereocenters. The van der Waals surface area contributed by atoms with Gasteiger partial charge in [0.1, 0.15) is 54.3 Å². The molecule has 0 unspecified atom stereocenters. The summed E-state index contributed by atoms with van der Waals surface area (Å²) >= 11 is 14.4. The number of nitrogens with zero attached hydrogens (tertiary/aromatic N) is 3. The summed E-state index contributed by atoms with van der Waals surface area (Å²) in [6.45, 7) is 0. The number of rotatable bonds is 5. The Morgan fingerprint density at radius 2 is 1.11 bits per heavy atom. The van der Waals surface area contributed by atoms with Crippen molar-refractivity contribution in [2.75, 3.05) is 0 Å². The predicted octanol–water partition coefficient (Wildman–Crippen LogP) is 9.72. The Morgan fingerprint density at radius 3 is 1.56 bits per heavy atom. The van der Waals surface area contributed by atoms with Crippen molar-refractivity contribution in [1.29, 1.82) is 0 Å². The molecule has 57 heavy (non-hydrogen) atoms. The molecular weight excluding hydrogens is 988 g/mol. The predicted molar refractivity (Wildman–Crippen MR) is 235 cm³/mol. The van der Waals surface area contributed by atoms with Crippen LogP contribution in [0.25, 0.3) is 54.5 Å². The van der Waals surface area contributed by atoms with Gasteiger partial charge in [0, 0.05) is 43.5 Å². The first-order valence-electron chi connectivity index (χ1n) is 16.2. The monoisotopic (exact) mass is 1010 g/mol. The first kappa shape index (κ1) is 42.3. The van der Waals surface area contributed by atoms with Crippen LogP contribution in [0.5, 0.6) is 0 Å². The van der Waals surface area contributed by atoms with E-state index in [1.165, 1.54) is 18.6 Å². The average molecular weight is 1010 g/mol. The SMILES string of the molecule is Brc1csc(-c2ccoc2)n1.Brc1csc(Br)n1.OB(O)c1cc2ccccc2o1.OB(O)c1ccoc1.c1ccc2oc(-c3csc(-c4ccoc4)n3)cc2c1. The fraction of sp³-hybridized carbons (Fsp3) is 0. The Bertz CT molecular complexity index is 2590. The molecule has 0 spiro atoms. The number of aromatic nitrogens is 3. The zero-order valence-corrected chi connectivity index (χ0v) is 36.1. The van der Waals surface area contributed by atoms with Crippen LogP contribution >= 0.6 is 81.8 Å². The molecule has 0 bridgehead atoms. The molecule has 0 fully saturated rings. The van der Waals surface area contributed by atoms with Crippen molar-refractivity contribution in [1.82, 2.24) is 15.0 Å². The minimum Gasteiger partial charge on any atom is -0.473 e. The number of para-hydroxylation sites is 2. The van der Waals surface area contributed by atoms with E-state index < -0.39 is 14.2 Å². The van der Waals surface area contributed by atoms with Crippen LogP contribution in [0.2, 0.25) is 0 Å². The maximum Gasteiger partial charge on any atom is 0.526 e. The molecule has 0 aliphatic rings. The first-order valence-corrected chi connectivity index (χ1v) is 21.2. The summed E-state index contributed by atoms with van der Waals surface area (Å²) in [4.78, 5) is 12.8. The summed E-state index contributed by atoms with van der Waals surface area (Å²) < 4.78 is 28.2. The molecule has 0 aliphatic heterocycles. The first-order chi connectivity index (χ1) is 27.6. The molecule has 10 aromatic rings. The van der Waals surface area contributed by atoms with Gasteiger partial charge in [0.15, 0.2) is 9.68 Å². The molecule has 0 saturated heterocycles. The number of hydrogen-bond donors (Lipinski definition) is 4. The zero-order chi connectivity index (χ0) is 40.1. The highest BCUT2D eigenvalue weighted by Crippen LogP contribution is 2.32. The minimum absolute atomic E-state index is 0.177. The van der Waals surface area contributed by atoms with Gasteiger partial charge in [0.05, 0.1) is 25.1 Å². The molecule has 0 saturated carbocycles. The van der Waals surface area contributed by atoms with E-state index in [2.05, 4.69) is 67.2 Å². The van der Waals surface area contributed by atoms with E-state index >= 15 is 0 Å². The van der Waals surface area contributed by atoms with Crippen molar-refractivity contribution in [3.05, 3.63) is 146 Å². The van der Waals surface area contributed by atoms with Gasteiger partial charge in [0.25, 0.3) is 0 Å². The second-order valence-corrected chi connectivity index (χ2v) is 16.6. The Balaban J connectivity index is 0.000000127. The molecule has 12 nitrogen and oxygen atoms in total. The summed E-state index contributed by atoms with van der Waals surface area (Å²) in [6, 6.07) is 24.2. The Labute approximate surface area is 361 Å². The van der Waals surface area contributed by atoms with Crippen molar-refractivity contribution in [2.45, 2.75) is 0 Å². The zero-order valence-electron chi connectivity index (χ0n) is 28.9. The number of benzene rings is 2. The topological polar surface area (TPSA) is 185 Å². The van der Waals surface area contributed by atoms with Crippen LogP contribution in [0, 0.1) is 0 Å². The van der Waals surface area contributed by atoms with Crippen LogP contribution < -0.4 is 11.1 Å². The summed E-state index contributed by atoms with van der Waals surface area (Å²) in [7, 11) is -2.94. The van der Waals surface area contributed by atoms with Gasteiger partial charge in [-0.2, -0.15) is 0 Å². The molecule has 8 heterocycles. The van der Waals surface area contributed by atoms with Gasteiger partial charge in [-0.05, 0) is 90.3 Å². The van der Waals surface area contributed by atoms with Crippen LogP contribution in [-0.2, 0) is 0 Å². The van der Waals surface area contributed by atoms with Gasteiger partial charge >= 0.3 is 14.2 Å². The second kappa shape index (κ2) is 20.9. The van der Waals surface area contributed by atoms with Crippen LogP contribution in [0.1, 0.15) is 0 Å². The fourth-order valence-corrected chi connectivity index (χ4v) is 8.29. The summed E-state index contributed by atoms with van der Waals surface area (Å²) in [5.41, 5.74) is 4.99. The lowest BCUT2D eigenvalue weighted by molar-refractivity contribution is 0.412. The molecule has 288 valence electrons. The van der Waals surface area contributed by atoms with Crippen molar-refractivity contribution < 1.29 is 42.2 Å². The second-order valence-electron chi connectivity index (χ2n) is 11.1. The highest BCUT2D eigenvalue weighted by molar-refractivity contribution is 9.11. The molecule has 10 rings (SSSR count). The van der Waals surface area contributed by atoms with Gasteiger partial charge in [0.2, 0.25) is 0 Å². The number of furan rings is 5. The highest BCUT2D eigenvalue weighted by atomic mass is 79.9. The summed E-state index contributed by atoms with van der Waals surface area (Å²) in [5.74, 6) is 0.798. The maximum absolute atomic E-state index is 8.79. The Kier molecular flexibility index (Phi) is 15.5. The Morgan fingerprint density at radius 1 is 0.544 bits per heavy atom. The lowest BCUT2D eigenvalue weighted by Gasteiger charge is -1.88. The van der Waals surface area contributed by atoms with Gasteiger partial charge < -0.3 is 42.2 Å². The smallest absolute Gasteiger partial charge is 0.473 e. The van der Waals surface area contributed by atoms with E-state index in [4.69, 9.17) is 37.8 Å². The lowest BCUT2D eigenvalue weighted by atomic mass is 9.83. The quantitative estimate of drug-likeness (QED) is 0.120. The third-order valence-electron chi connectivity index (χ3n) is 7.18. The van der Waals surface area contributed by atoms with Gasteiger partial charge in [-0.3, -0.25) is 0 Å². The van der Waals surface area contributed by atoms with E-state index in [1.807, 2.05) is 76.8 Å². The summed E-state index contributed by atoms with van der Waals surface area (Å²) in [6.07, 6.45) is 9.34. The molecular formula is C37H26B2Br3N3O9S3. The third-order valence-corrected chi connectivity index (χ3v) is 11.7. The molecule has 0 aliphatic carbocycles. The van der Waals surface area contributed by atoms with Gasteiger partial charge in [-0.15, -0.1) is 34.0 Å². The van der Waals surface area contributed by atoms with E-state index in [-0.39, 0.29) is 5.66 Å². The molecule has 0 amide bonds. The van der Waals surface area contributed by atoms with E-state index in [9.17, 15) is 0 Å². The number of hydrogen-bond acceptors (Lipinski definition) is 15. The maximum atomic E-state index is 8.79. The van der Waals surface area contributed by atoms with Crippen molar-refractivity contribution in [3.63, 3.8) is 0 Å². The van der Waals surface area contributed by atoms with Crippen molar-refractivity contribution in [2.24, 2.45) is 0 Å². The summed E-state index contributed by atoms with van der Waals surface area (Å²) in [5, 5.41) is 44.1. The molecule has 4 N–H and O–H groups in total.